The summed E-state index contributed by atoms with van der Waals surface area (Å²) in [4.78, 5) is 11.4. The second kappa shape index (κ2) is 8.70. The van der Waals surface area contributed by atoms with Gasteiger partial charge in [0, 0.05) is 18.3 Å². The number of rotatable bonds is 7. The van der Waals surface area contributed by atoms with Crippen LogP contribution in [0, 0.1) is 5.92 Å². The van der Waals surface area contributed by atoms with Crippen LogP contribution in [0.3, 0.4) is 0 Å². The number of amides is 2. The molecule has 0 radical (unpaired) electrons. The molecule has 16 heavy (non-hydrogen) atoms. The number of urea groups is 1. The van der Waals surface area contributed by atoms with E-state index in [0.29, 0.717) is 6.54 Å². The first-order valence-electron chi connectivity index (χ1n) is 5.72. The molecule has 0 saturated heterocycles. The lowest BCUT2D eigenvalue weighted by molar-refractivity contribution is 0.114. The Hall–Kier alpha value is -0.420. The van der Waals surface area contributed by atoms with Gasteiger partial charge in [0.15, 0.2) is 0 Å². The SMILES string of the molecule is CCC(C)C(O)CNC(=O)NC(C)CSC. The van der Waals surface area contributed by atoms with Gasteiger partial charge < -0.3 is 15.7 Å². The van der Waals surface area contributed by atoms with Gasteiger partial charge in [0.05, 0.1) is 6.10 Å². The Bertz CT molecular complexity index is 202. The molecular weight excluding hydrogens is 224 g/mol. The van der Waals surface area contributed by atoms with Crippen LogP contribution in [0.25, 0.3) is 0 Å². The summed E-state index contributed by atoms with van der Waals surface area (Å²) in [6.45, 7) is 6.27. The molecule has 0 aliphatic carbocycles. The van der Waals surface area contributed by atoms with Crippen LogP contribution in [0.1, 0.15) is 27.2 Å². The van der Waals surface area contributed by atoms with Gasteiger partial charge in [-0.2, -0.15) is 11.8 Å². The fourth-order valence-corrected chi connectivity index (χ4v) is 1.82. The van der Waals surface area contributed by atoms with E-state index < -0.39 is 6.10 Å². The summed E-state index contributed by atoms with van der Waals surface area (Å²) in [7, 11) is 0. The molecule has 0 saturated carbocycles. The summed E-state index contributed by atoms with van der Waals surface area (Å²) in [6, 6.07) is -0.0559. The number of nitrogens with one attached hydrogen (secondary N) is 2. The van der Waals surface area contributed by atoms with E-state index in [2.05, 4.69) is 10.6 Å². The minimum atomic E-state index is -0.466. The first-order valence-corrected chi connectivity index (χ1v) is 7.12. The van der Waals surface area contributed by atoms with E-state index >= 15 is 0 Å². The van der Waals surface area contributed by atoms with Crippen molar-refractivity contribution in [3.05, 3.63) is 0 Å². The van der Waals surface area contributed by atoms with E-state index in [1.165, 1.54) is 0 Å². The zero-order chi connectivity index (χ0) is 12.6. The van der Waals surface area contributed by atoms with E-state index in [4.69, 9.17) is 0 Å². The predicted octanol–water partition coefficient (Wildman–Crippen LogP) is 1.44. The zero-order valence-corrected chi connectivity index (χ0v) is 11.4. The molecule has 2 amide bonds. The van der Waals surface area contributed by atoms with Crippen molar-refractivity contribution in [2.75, 3.05) is 18.6 Å². The van der Waals surface area contributed by atoms with Gasteiger partial charge in [-0.25, -0.2) is 4.79 Å². The number of aliphatic hydroxyl groups is 1. The lowest BCUT2D eigenvalue weighted by Gasteiger charge is -2.19. The normalized spacial score (nSPS) is 16.3. The van der Waals surface area contributed by atoms with Crippen LogP contribution in [0.2, 0.25) is 0 Å². The molecule has 3 unspecified atom stereocenters. The number of aliphatic hydroxyl groups excluding tert-OH is 1. The quantitative estimate of drug-likeness (QED) is 0.639. The molecule has 3 N–H and O–H groups in total. The molecular formula is C11H24N2O2S. The van der Waals surface area contributed by atoms with Crippen molar-refractivity contribution >= 4 is 17.8 Å². The van der Waals surface area contributed by atoms with Crippen LogP contribution < -0.4 is 10.6 Å². The largest absolute Gasteiger partial charge is 0.391 e. The highest BCUT2D eigenvalue weighted by Crippen LogP contribution is 2.05. The van der Waals surface area contributed by atoms with Crippen LogP contribution in [0.5, 0.6) is 0 Å². The molecule has 0 spiro atoms. The van der Waals surface area contributed by atoms with Crippen LogP contribution in [0.4, 0.5) is 4.79 Å². The van der Waals surface area contributed by atoms with E-state index in [1.54, 1.807) is 11.8 Å². The number of hydrogen-bond acceptors (Lipinski definition) is 3. The third kappa shape index (κ3) is 6.95. The fraction of sp³-hybridized carbons (Fsp3) is 0.909. The molecule has 0 aliphatic rings. The first-order chi connectivity index (χ1) is 7.51. The minimum absolute atomic E-state index is 0.149. The standard InChI is InChI=1S/C11H24N2O2S/c1-5-8(2)10(14)6-12-11(15)13-9(3)7-16-4/h8-10,14H,5-7H2,1-4H3,(H2,12,13,15). The van der Waals surface area contributed by atoms with E-state index in [-0.39, 0.29) is 18.0 Å². The molecule has 0 aromatic heterocycles. The van der Waals surface area contributed by atoms with Gasteiger partial charge in [-0.1, -0.05) is 20.3 Å². The number of thioether (sulfide) groups is 1. The number of carbonyl (C=O) groups is 1. The molecule has 0 aromatic rings. The smallest absolute Gasteiger partial charge is 0.315 e. The Balaban J connectivity index is 3.72. The topological polar surface area (TPSA) is 61.4 Å². The maximum Gasteiger partial charge on any atom is 0.315 e. The number of hydrogen-bond donors (Lipinski definition) is 3. The van der Waals surface area contributed by atoms with E-state index in [0.717, 1.165) is 12.2 Å². The Labute approximate surface area is 103 Å². The Morgan fingerprint density at radius 3 is 2.56 bits per heavy atom. The molecule has 0 heterocycles. The molecule has 0 fully saturated rings. The highest BCUT2D eigenvalue weighted by molar-refractivity contribution is 7.98. The van der Waals surface area contributed by atoms with Gasteiger partial charge >= 0.3 is 6.03 Å². The van der Waals surface area contributed by atoms with Crippen LogP contribution >= 0.6 is 11.8 Å². The molecule has 5 heteroatoms. The van der Waals surface area contributed by atoms with Gasteiger partial charge in [-0.3, -0.25) is 0 Å². The lowest BCUT2D eigenvalue weighted by atomic mass is 10.0. The molecule has 0 aliphatic heterocycles. The monoisotopic (exact) mass is 248 g/mol. The van der Waals surface area contributed by atoms with Gasteiger partial charge in [-0.05, 0) is 19.1 Å². The molecule has 96 valence electrons. The molecule has 0 bridgehead atoms. The lowest BCUT2D eigenvalue weighted by Crippen LogP contribution is -2.45. The molecule has 4 nitrogen and oxygen atoms in total. The summed E-state index contributed by atoms with van der Waals surface area (Å²) >= 11 is 1.69. The average Bonchev–Trinajstić information content (AvgIpc) is 2.24. The molecule has 3 atom stereocenters. The summed E-state index contributed by atoms with van der Waals surface area (Å²) in [5, 5.41) is 15.1. The fourth-order valence-electron chi connectivity index (χ4n) is 1.24. The highest BCUT2D eigenvalue weighted by atomic mass is 32.2. The minimum Gasteiger partial charge on any atom is -0.391 e. The summed E-state index contributed by atoms with van der Waals surface area (Å²) < 4.78 is 0. The van der Waals surface area contributed by atoms with Gasteiger partial charge in [0.2, 0.25) is 0 Å². The van der Waals surface area contributed by atoms with Crippen molar-refractivity contribution in [2.45, 2.75) is 39.3 Å². The second-order valence-electron chi connectivity index (χ2n) is 4.16. The van der Waals surface area contributed by atoms with Crippen molar-refractivity contribution in [1.29, 1.82) is 0 Å². The van der Waals surface area contributed by atoms with E-state index in [1.807, 2.05) is 27.0 Å². The molecule has 0 rings (SSSR count). The second-order valence-corrected chi connectivity index (χ2v) is 5.07. The predicted molar refractivity (Wildman–Crippen MR) is 69.8 cm³/mol. The van der Waals surface area contributed by atoms with Gasteiger partial charge in [0.25, 0.3) is 0 Å². The van der Waals surface area contributed by atoms with Gasteiger partial charge in [0.1, 0.15) is 0 Å². The van der Waals surface area contributed by atoms with Crippen LogP contribution in [0.15, 0.2) is 0 Å². The maximum absolute atomic E-state index is 11.4. The molecule has 0 aromatic carbocycles. The zero-order valence-electron chi connectivity index (χ0n) is 10.6. The third-order valence-electron chi connectivity index (χ3n) is 2.57. The van der Waals surface area contributed by atoms with Crippen molar-refractivity contribution < 1.29 is 9.90 Å². The van der Waals surface area contributed by atoms with E-state index in [9.17, 15) is 9.90 Å². The van der Waals surface area contributed by atoms with Crippen molar-refractivity contribution in [1.82, 2.24) is 10.6 Å². The first kappa shape index (κ1) is 15.6. The van der Waals surface area contributed by atoms with Gasteiger partial charge in [-0.15, -0.1) is 0 Å². The van der Waals surface area contributed by atoms with Crippen molar-refractivity contribution in [3.8, 4) is 0 Å². The summed E-state index contributed by atoms with van der Waals surface area (Å²) in [6.07, 6.45) is 2.45. The Morgan fingerprint density at radius 2 is 2.06 bits per heavy atom. The highest BCUT2D eigenvalue weighted by Gasteiger charge is 2.13. The maximum atomic E-state index is 11.4. The van der Waals surface area contributed by atoms with Crippen LogP contribution in [-0.2, 0) is 0 Å². The van der Waals surface area contributed by atoms with Crippen molar-refractivity contribution in [2.24, 2.45) is 5.92 Å². The average molecular weight is 248 g/mol. The summed E-state index contributed by atoms with van der Waals surface area (Å²) in [5.74, 6) is 1.10. The van der Waals surface area contributed by atoms with Crippen molar-refractivity contribution in [3.63, 3.8) is 0 Å². The number of carbonyl (C=O) groups excluding carboxylic acids is 1. The third-order valence-corrected chi connectivity index (χ3v) is 3.40. The van der Waals surface area contributed by atoms with Crippen LogP contribution in [-0.4, -0.2) is 41.8 Å². The Morgan fingerprint density at radius 1 is 1.44 bits per heavy atom. The Kier molecular flexibility index (Phi) is 8.47. The summed E-state index contributed by atoms with van der Waals surface area (Å²) in [5.41, 5.74) is 0.